The van der Waals surface area contributed by atoms with Crippen LogP contribution in [-0.2, 0) is 19.4 Å². The molecular formula is C16H19F2N3O5S. The lowest BCUT2D eigenvalue weighted by Crippen LogP contribution is -2.40. The number of nitrogens with one attached hydrogen (secondary N) is 2. The van der Waals surface area contributed by atoms with E-state index in [-0.39, 0.29) is 18.7 Å². The highest BCUT2D eigenvalue weighted by molar-refractivity contribution is 7.92. The van der Waals surface area contributed by atoms with Crippen LogP contribution in [0.1, 0.15) is 20.3 Å². The van der Waals surface area contributed by atoms with Crippen molar-refractivity contribution < 1.29 is 31.6 Å². The predicted octanol–water partition coefficient (Wildman–Crippen LogP) is 1.04. The number of nitrogens with zero attached hydrogens (tertiary/aromatic N) is 1. The number of hydrogen-bond donors (Lipinski definition) is 2. The molecule has 1 aliphatic heterocycles. The van der Waals surface area contributed by atoms with Crippen LogP contribution in [0.2, 0.25) is 0 Å². The molecule has 1 aromatic carbocycles. The summed E-state index contributed by atoms with van der Waals surface area (Å²) in [5, 5.41) is 4.53. The minimum absolute atomic E-state index is 0.0459. The third-order valence-corrected chi connectivity index (χ3v) is 5.45. The molecule has 0 aliphatic carbocycles. The van der Waals surface area contributed by atoms with E-state index in [1.54, 1.807) is 0 Å². The van der Waals surface area contributed by atoms with E-state index < -0.39 is 56.4 Å². The van der Waals surface area contributed by atoms with Crippen LogP contribution in [0.25, 0.3) is 0 Å². The topological polar surface area (TPSA) is 113 Å². The maximum atomic E-state index is 13.5. The van der Waals surface area contributed by atoms with Gasteiger partial charge in [-0.2, -0.15) is 0 Å². The van der Waals surface area contributed by atoms with E-state index in [9.17, 15) is 31.6 Å². The van der Waals surface area contributed by atoms with Gasteiger partial charge in [0.2, 0.25) is 5.91 Å². The second-order valence-electron chi connectivity index (χ2n) is 6.63. The van der Waals surface area contributed by atoms with Crippen molar-refractivity contribution in [3.63, 3.8) is 0 Å². The lowest BCUT2D eigenvalue weighted by molar-refractivity contribution is -0.130. The van der Waals surface area contributed by atoms with Crippen molar-refractivity contribution in [3.05, 3.63) is 29.8 Å². The van der Waals surface area contributed by atoms with Gasteiger partial charge in [0, 0.05) is 12.6 Å². The van der Waals surface area contributed by atoms with Crippen molar-refractivity contribution in [1.82, 2.24) is 10.2 Å². The summed E-state index contributed by atoms with van der Waals surface area (Å²) < 4.78 is 50.3. The number of anilines is 1. The van der Waals surface area contributed by atoms with Gasteiger partial charge in [-0.3, -0.25) is 14.5 Å². The number of sulfone groups is 1. The summed E-state index contributed by atoms with van der Waals surface area (Å²) in [4.78, 5) is 36.4. The molecule has 0 unspecified atom stereocenters. The molecule has 1 aromatic rings. The Morgan fingerprint density at radius 3 is 2.48 bits per heavy atom. The molecule has 4 amide bonds. The second-order valence-corrected chi connectivity index (χ2v) is 8.81. The number of rotatable bonds is 7. The zero-order valence-electron chi connectivity index (χ0n) is 14.7. The number of carbonyl (C=O) groups excluding carboxylic acids is 3. The second kappa shape index (κ2) is 7.59. The van der Waals surface area contributed by atoms with Crippen molar-refractivity contribution in [2.45, 2.75) is 25.8 Å². The number of halogens is 2. The molecule has 0 radical (unpaired) electrons. The highest BCUT2D eigenvalue weighted by Crippen LogP contribution is 2.17. The van der Waals surface area contributed by atoms with Gasteiger partial charge in [0.05, 0.1) is 11.4 Å². The lowest BCUT2D eigenvalue weighted by atomic mass is 10.1. The molecule has 0 spiro atoms. The van der Waals surface area contributed by atoms with E-state index in [0.29, 0.717) is 6.07 Å². The van der Waals surface area contributed by atoms with Crippen molar-refractivity contribution >= 4 is 33.4 Å². The molecule has 0 aromatic heterocycles. The van der Waals surface area contributed by atoms with Gasteiger partial charge in [-0.1, -0.05) is 0 Å². The van der Waals surface area contributed by atoms with Gasteiger partial charge >= 0.3 is 6.03 Å². The quantitative estimate of drug-likeness (QED) is 0.661. The maximum Gasteiger partial charge on any atom is 0.325 e. The minimum Gasteiger partial charge on any atom is -0.324 e. The van der Waals surface area contributed by atoms with E-state index in [1.807, 2.05) is 0 Å². The number of hydrogen-bond acceptors (Lipinski definition) is 5. The molecule has 8 nitrogen and oxygen atoms in total. The van der Waals surface area contributed by atoms with E-state index in [4.69, 9.17) is 0 Å². The zero-order chi connectivity index (χ0) is 20.4. The summed E-state index contributed by atoms with van der Waals surface area (Å²) in [6, 6.07) is 1.86. The van der Waals surface area contributed by atoms with E-state index in [2.05, 4.69) is 10.6 Å². The molecule has 0 atom stereocenters. The maximum absolute atomic E-state index is 13.5. The average Bonchev–Trinajstić information content (AvgIpc) is 2.71. The first-order valence-corrected chi connectivity index (χ1v) is 9.83. The third kappa shape index (κ3) is 5.22. The zero-order valence-corrected chi connectivity index (χ0v) is 15.5. The first-order chi connectivity index (χ1) is 12.4. The van der Waals surface area contributed by atoms with Gasteiger partial charge in [-0.15, -0.1) is 0 Å². The molecule has 2 rings (SSSR count). The normalized spacial score (nSPS) is 16.4. The van der Waals surface area contributed by atoms with Gasteiger partial charge < -0.3 is 10.6 Å². The molecule has 1 fully saturated rings. The summed E-state index contributed by atoms with van der Waals surface area (Å²) in [5.74, 6) is -4.64. The molecule has 1 heterocycles. The number of amides is 4. The number of benzene rings is 1. The van der Waals surface area contributed by atoms with Crippen molar-refractivity contribution in [3.8, 4) is 0 Å². The molecule has 148 valence electrons. The molecule has 1 aliphatic rings. The van der Waals surface area contributed by atoms with Crippen LogP contribution >= 0.6 is 0 Å². The lowest BCUT2D eigenvalue weighted by Gasteiger charge is -2.15. The summed E-state index contributed by atoms with van der Waals surface area (Å²) in [5.41, 5.74) is -1.38. The van der Waals surface area contributed by atoms with Gasteiger partial charge in [0.25, 0.3) is 5.91 Å². The molecule has 11 heteroatoms. The van der Waals surface area contributed by atoms with Crippen LogP contribution in [0.5, 0.6) is 0 Å². The Morgan fingerprint density at radius 2 is 1.93 bits per heavy atom. The van der Waals surface area contributed by atoms with Gasteiger partial charge in [0.1, 0.15) is 22.9 Å². The van der Waals surface area contributed by atoms with Gasteiger partial charge in [0.15, 0.2) is 9.84 Å². The first-order valence-electron chi connectivity index (χ1n) is 8.01. The number of imide groups is 1. The van der Waals surface area contributed by atoms with Crippen LogP contribution in [0, 0.1) is 11.6 Å². The van der Waals surface area contributed by atoms with Crippen LogP contribution in [-0.4, -0.2) is 54.8 Å². The number of carbonyl (C=O) groups is 3. The fourth-order valence-corrected chi connectivity index (χ4v) is 3.70. The predicted molar refractivity (Wildman–Crippen MR) is 92.6 cm³/mol. The minimum atomic E-state index is -3.86. The van der Waals surface area contributed by atoms with Crippen molar-refractivity contribution in [2.24, 2.45) is 0 Å². The Bertz CT molecular complexity index is 886. The van der Waals surface area contributed by atoms with E-state index in [1.165, 1.54) is 13.8 Å². The average molecular weight is 403 g/mol. The Balaban J connectivity index is 1.87. The van der Waals surface area contributed by atoms with Crippen LogP contribution in [0.15, 0.2) is 18.2 Å². The summed E-state index contributed by atoms with van der Waals surface area (Å²) in [6.07, 6.45) is -0.0459. The Hall–Kier alpha value is -2.56. The monoisotopic (exact) mass is 403 g/mol. The highest BCUT2D eigenvalue weighted by atomic mass is 32.2. The molecule has 27 heavy (non-hydrogen) atoms. The van der Waals surface area contributed by atoms with Gasteiger partial charge in [-0.25, -0.2) is 22.0 Å². The fraction of sp³-hybridized carbons (Fsp3) is 0.438. The fourth-order valence-electron chi connectivity index (χ4n) is 2.51. The SMILES string of the molecule is CC1(C)NC(=O)N(CCCS(=O)(=O)CC(=O)Nc2ccc(F)cc2F)C1=O. The van der Waals surface area contributed by atoms with E-state index >= 15 is 0 Å². The summed E-state index contributed by atoms with van der Waals surface area (Å²) in [7, 11) is -3.86. The Morgan fingerprint density at radius 1 is 1.26 bits per heavy atom. The first kappa shape index (κ1) is 20.7. The summed E-state index contributed by atoms with van der Waals surface area (Å²) in [6.45, 7) is 2.95. The van der Waals surface area contributed by atoms with Gasteiger partial charge in [-0.05, 0) is 32.4 Å². The molecule has 2 N–H and O–H groups in total. The molecular weight excluding hydrogens is 384 g/mol. The molecule has 0 saturated carbocycles. The van der Waals surface area contributed by atoms with Crippen LogP contribution in [0.4, 0.5) is 19.3 Å². The largest absolute Gasteiger partial charge is 0.325 e. The smallest absolute Gasteiger partial charge is 0.324 e. The standard InChI is InChI=1S/C16H19F2N3O5S/c1-16(2)14(23)21(15(24)20-16)6-3-7-27(25,26)9-13(22)19-12-5-4-10(17)8-11(12)18/h4-5,8H,3,6-7,9H2,1-2H3,(H,19,22)(H,20,24). The molecule has 0 bridgehead atoms. The van der Waals surface area contributed by atoms with Crippen molar-refractivity contribution in [2.75, 3.05) is 23.4 Å². The Kier molecular flexibility index (Phi) is 5.83. The summed E-state index contributed by atoms with van der Waals surface area (Å²) >= 11 is 0. The highest BCUT2D eigenvalue weighted by Gasteiger charge is 2.43. The number of urea groups is 1. The third-order valence-electron chi connectivity index (χ3n) is 3.84. The van der Waals surface area contributed by atoms with Crippen LogP contribution < -0.4 is 10.6 Å². The van der Waals surface area contributed by atoms with E-state index in [0.717, 1.165) is 17.0 Å². The molecule has 1 saturated heterocycles. The van der Waals surface area contributed by atoms with Crippen LogP contribution in [0.3, 0.4) is 0 Å². The van der Waals surface area contributed by atoms with Crippen molar-refractivity contribution in [1.29, 1.82) is 0 Å². The Labute approximate surface area is 154 Å².